The number of aromatic nitrogens is 2. The number of aliphatic hydroxyl groups is 1. The molecule has 1 heterocycles. The fourth-order valence-electron chi connectivity index (χ4n) is 2.16. The summed E-state index contributed by atoms with van der Waals surface area (Å²) < 4.78 is 38.2. The van der Waals surface area contributed by atoms with Crippen molar-refractivity contribution in [1.29, 1.82) is 0 Å². The summed E-state index contributed by atoms with van der Waals surface area (Å²) in [6.45, 7) is 1.37. The van der Waals surface area contributed by atoms with E-state index in [0.29, 0.717) is 5.82 Å². The minimum Gasteiger partial charge on any atom is -0.480 e. The molecule has 1 aromatic rings. The van der Waals surface area contributed by atoms with Gasteiger partial charge in [0.25, 0.3) is 0 Å². The predicted molar refractivity (Wildman–Crippen MR) is 72.3 cm³/mol. The van der Waals surface area contributed by atoms with Gasteiger partial charge in [-0.25, -0.2) is 4.98 Å². The molecule has 0 aliphatic heterocycles. The van der Waals surface area contributed by atoms with E-state index in [1.165, 1.54) is 24.0 Å². The number of carbonyl (C=O) groups is 1. The molecule has 126 valence electrons. The standard InChI is InChI=1S/C13H20F3N3O3/c1-8(11(20)10(17-2)12(21)22)7-9-18-4-6-19(9)5-3-13(14,15)16/h4,6,8,10-11,17,20H,3,5,7H2,1-2H3,(H,21,22)/t8-,10+,11-/m1/s1. The van der Waals surface area contributed by atoms with Crippen LogP contribution in [-0.2, 0) is 17.8 Å². The number of aliphatic hydroxyl groups excluding tert-OH is 1. The molecule has 0 bridgehead atoms. The smallest absolute Gasteiger partial charge is 0.390 e. The Morgan fingerprint density at radius 1 is 1.50 bits per heavy atom. The maximum absolute atomic E-state index is 12.3. The Labute approximate surface area is 126 Å². The van der Waals surface area contributed by atoms with E-state index in [1.54, 1.807) is 6.92 Å². The van der Waals surface area contributed by atoms with E-state index in [0.717, 1.165) is 0 Å². The summed E-state index contributed by atoms with van der Waals surface area (Å²) in [6, 6.07) is -1.14. The lowest BCUT2D eigenvalue weighted by Crippen LogP contribution is -2.47. The average molecular weight is 323 g/mol. The van der Waals surface area contributed by atoms with Gasteiger partial charge in [-0.1, -0.05) is 6.92 Å². The molecular formula is C13H20F3N3O3. The summed E-state index contributed by atoms with van der Waals surface area (Å²) in [4.78, 5) is 15.0. The van der Waals surface area contributed by atoms with Crippen LogP contribution >= 0.6 is 0 Å². The zero-order valence-corrected chi connectivity index (χ0v) is 12.3. The molecule has 0 amide bonds. The molecule has 0 saturated heterocycles. The fraction of sp³-hybridized carbons (Fsp3) is 0.692. The molecule has 0 fully saturated rings. The zero-order valence-electron chi connectivity index (χ0n) is 12.3. The van der Waals surface area contributed by atoms with Crippen molar-refractivity contribution in [2.24, 2.45) is 5.92 Å². The van der Waals surface area contributed by atoms with Crippen LogP contribution in [0.5, 0.6) is 0 Å². The quantitative estimate of drug-likeness (QED) is 0.665. The first kappa shape index (κ1) is 18.4. The van der Waals surface area contributed by atoms with Crippen LogP contribution in [0.2, 0.25) is 0 Å². The van der Waals surface area contributed by atoms with E-state index < -0.39 is 36.6 Å². The largest absolute Gasteiger partial charge is 0.480 e. The first-order chi connectivity index (χ1) is 10.2. The highest BCUT2D eigenvalue weighted by molar-refractivity contribution is 5.74. The third-order valence-electron chi connectivity index (χ3n) is 3.44. The van der Waals surface area contributed by atoms with E-state index in [9.17, 15) is 23.1 Å². The van der Waals surface area contributed by atoms with Gasteiger partial charge < -0.3 is 20.1 Å². The monoisotopic (exact) mass is 323 g/mol. The topological polar surface area (TPSA) is 87.4 Å². The normalized spacial score (nSPS) is 16.3. The molecule has 0 unspecified atom stereocenters. The number of likely N-dealkylation sites (N-methyl/N-ethyl adjacent to an activating group) is 1. The molecule has 0 radical (unpaired) electrons. The van der Waals surface area contributed by atoms with Crippen molar-refractivity contribution in [3.05, 3.63) is 18.2 Å². The van der Waals surface area contributed by atoms with Gasteiger partial charge in [0, 0.05) is 25.4 Å². The highest BCUT2D eigenvalue weighted by atomic mass is 19.4. The van der Waals surface area contributed by atoms with Crippen molar-refractivity contribution in [2.75, 3.05) is 7.05 Å². The van der Waals surface area contributed by atoms with Crippen LogP contribution < -0.4 is 5.32 Å². The molecule has 0 aliphatic rings. The Kier molecular flexibility index (Phi) is 6.36. The lowest BCUT2D eigenvalue weighted by Gasteiger charge is -2.24. The minimum atomic E-state index is -4.26. The summed E-state index contributed by atoms with van der Waals surface area (Å²) in [6.07, 6.45) is -3.41. The maximum atomic E-state index is 12.3. The predicted octanol–water partition coefficient (Wildman–Crippen LogP) is 1.05. The molecule has 1 rings (SSSR count). The van der Waals surface area contributed by atoms with Gasteiger partial charge in [0.1, 0.15) is 11.9 Å². The molecule has 9 heteroatoms. The van der Waals surface area contributed by atoms with Crippen molar-refractivity contribution in [1.82, 2.24) is 14.9 Å². The third kappa shape index (κ3) is 5.30. The maximum Gasteiger partial charge on any atom is 0.390 e. The van der Waals surface area contributed by atoms with Crippen LogP contribution in [0.1, 0.15) is 19.2 Å². The molecule has 0 spiro atoms. The van der Waals surface area contributed by atoms with Crippen LogP contribution in [0.25, 0.3) is 0 Å². The Hall–Kier alpha value is -1.61. The molecule has 1 aromatic heterocycles. The van der Waals surface area contributed by atoms with E-state index in [4.69, 9.17) is 5.11 Å². The number of hydrogen-bond donors (Lipinski definition) is 3. The Balaban J connectivity index is 2.70. The number of aryl methyl sites for hydroxylation is 1. The zero-order chi connectivity index (χ0) is 16.9. The van der Waals surface area contributed by atoms with Crippen LogP contribution in [0.15, 0.2) is 12.4 Å². The van der Waals surface area contributed by atoms with Gasteiger partial charge in [-0.05, 0) is 13.0 Å². The first-order valence-electron chi connectivity index (χ1n) is 6.80. The summed E-state index contributed by atoms with van der Waals surface area (Å²) >= 11 is 0. The highest BCUT2D eigenvalue weighted by Crippen LogP contribution is 2.21. The van der Waals surface area contributed by atoms with Gasteiger partial charge >= 0.3 is 12.1 Å². The first-order valence-corrected chi connectivity index (χ1v) is 6.80. The summed E-state index contributed by atoms with van der Waals surface area (Å²) in [5.41, 5.74) is 0. The number of carboxylic acids is 1. The number of nitrogens with zero attached hydrogens (tertiary/aromatic N) is 2. The van der Waals surface area contributed by atoms with Gasteiger partial charge in [0.05, 0.1) is 12.5 Å². The Bertz CT molecular complexity index is 490. The van der Waals surface area contributed by atoms with Crippen LogP contribution in [0.4, 0.5) is 13.2 Å². The summed E-state index contributed by atoms with van der Waals surface area (Å²) in [5, 5.41) is 21.5. The average Bonchev–Trinajstić information content (AvgIpc) is 2.83. The van der Waals surface area contributed by atoms with E-state index >= 15 is 0 Å². The summed E-state index contributed by atoms with van der Waals surface area (Å²) in [7, 11) is 1.42. The van der Waals surface area contributed by atoms with E-state index in [-0.39, 0.29) is 13.0 Å². The van der Waals surface area contributed by atoms with Gasteiger partial charge in [-0.2, -0.15) is 13.2 Å². The number of nitrogens with one attached hydrogen (secondary N) is 1. The van der Waals surface area contributed by atoms with E-state index in [1.807, 2.05) is 0 Å². The number of aliphatic carboxylic acids is 1. The second-order valence-electron chi connectivity index (χ2n) is 5.18. The lowest BCUT2D eigenvalue weighted by molar-refractivity contribution is -0.143. The van der Waals surface area contributed by atoms with Gasteiger partial charge in [-0.15, -0.1) is 0 Å². The lowest BCUT2D eigenvalue weighted by atomic mass is 9.94. The molecule has 22 heavy (non-hydrogen) atoms. The molecule has 6 nitrogen and oxygen atoms in total. The highest BCUT2D eigenvalue weighted by Gasteiger charge is 2.31. The molecule has 3 N–H and O–H groups in total. The minimum absolute atomic E-state index is 0.178. The Morgan fingerprint density at radius 3 is 2.64 bits per heavy atom. The van der Waals surface area contributed by atoms with Crippen LogP contribution in [0, 0.1) is 5.92 Å². The molecule has 3 atom stereocenters. The van der Waals surface area contributed by atoms with Gasteiger partial charge in [0.2, 0.25) is 0 Å². The van der Waals surface area contributed by atoms with Gasteiger partial charge in [0.15, 0.2) is 0 Å². The third-order valence-corrected chi connectivity index (χ3v) is 3.44. The molecular weight excluding hydrogens is 303 g/mol. The van der Waals surface area contributed by atoms with Crippen LogP contribution in [-0.4, -0.2) is 51.1 Å². The molecule has 0 aliphatic carbocycles. The van der Waals surface area contributed by atoms with Crippen molar-refractivity contribution >= 4 is 5.97 Å². The van der Waals surface area contributed by atoms with Crippen molar-refractivity contribution < 1.29 is 28.2 Å². The summed E-state index contributed by atoms with van der Waals surface area (Å²) in [5.74, 6) is -1.29. The van der Waals surface area contributed by atoms with E-state index in [2.05, 4.69) is 10.3 Å². The SMILES string of the molecule is CN[C@H](C(=O)O)[C@H](O)[C@H](C)Cc1nccn1CCC(F)(F)F. The number of imidazole rings is 1. The number of hydrogen-bond acceptors (Lipinski definition) is 4. The fourth-order valence-corrected chi connectivity index (χ4v) is 2.16. The molecule has 0 saturated carbocycles. The van der Waals surface area contributed by atoms with Crippen molar-refractivity contribution in [2.45, 2.75) is 44.6 Å². The number of rotatable bonds is 8. The van der Waals surface area contributed by atoms with Crippen molar-refractivity contribution in [3.8, 4) is 0 Å². The Morgan fingerprint density at radius 2 is 2.14 bits per heavy atom. The number of halogens is 3. The van der Waals surface area contributed by atoms with Gasteiger partial charge in [-0.3, -0.25) is 4.79 Å². The second kappa shape index (κ2) is 7.59. The van der Waals surface area contributed by atoms with Crippen LogP contribution in [0.3, 0.4) is 0 Å². The molecule has 0 aromatic carbocycles. The van der Waals surface area contributed by atoms with Crippen molar-refractivity contribution in [3.63, 3.8) is 0 Å². The second-order valence-corrected chi connectivity index (χ2v) is 5.18. The number of alkyl halides is 3. The number of carboxylic acid groups (broad SMARTS) is 1.